The van der Waals surface area contributed by atoms with Crippen LogP contribution in [0.15, 0.2) is 29.2 Å². The van der Waals surface area contributed by atoms with Crippen LogP contribution in [0.5, 0.6) is 0 Å². The van der Waals surface area contributed by atoms with Gasteiger partial charge in [0.25, 0.3) is 0 Å². The number of ether oxygens (including phenoxy) is 1. The third-order valence-corrected chi connectivity index (χ3v) is 3.28. The molecule has 0 saturated heterocycles. The Kier molecular flexibility index (Phi) is 6.34. The van der Waals surface area contributed by atoms with Crippen molar-refractivity contribution in [3.05, 3.63) is 29.8 Å². The summed E-state index contributed by atoms with van der Waals surface area (Å²) in [6, 6.07) is 7.46. The molecule has 0 bridgehead atoms. The van der Waals surface area contributed by atoms with E-state index in [9.17, 15) is 4.79 Å². The summed E-state index contributed by atoms with van der Waals surface area (Å²) in [6.07, 6.45) is 0.992. The van der Waals surface area contributed by atoms with Gasteiger partial charge < -0.3 is 4.74 Å². The van der Waals surface area contributed by atoms with E-state index in [1.54, 1.807) is 30.8 Å². The average Bonchev–Trinajstić information content (AvgIpc) is 2.30. The Hall–Kier alpha value is -0.670. The second-order valence-electron chi connectivity index (χ2n) is 3.14. The SMILES string of the molecule is CCOC(=O)c1ccc(SCCCCl)cc1. The zero-order valence-electron chi connectivity index (χ0n) is 9.24. The lowest BCUT2D eigenvalue weighted by molar-refractivity contribution is 0.0526. The van der Waals surface area contributed by atoms with Crippen LogP contribution in [0.25, 0.3) is 0 Å². The largest absolute Gasteiger partial charge is 0.462 e. The minimum atomic E-state index is -0.264. The first kappa shape index (κ1) is 13.4. The predicted octanol–water partition coefficient (Wildman–Crippen LogP) is 3.58. The van der Waals surface area contributed by atoms with Gasteiger partial charge in [0.05, 0.1) is 12.2 Å². The van der Waals surface area contributed by atoms with Gasteiger partial charge in [-0.1, -0.05) is 0 Å². The second kappa shape index (κ2) is 7.58. The topological polar surface area (TPSA) is 26.3 Å². The molecule has 1 aromatic rings. The van der Waals surface area contributed by atoms with Gasteiger partial charge in [0, 0.05) is 10.8 Å². The highest BCUT2D eigenvalue weighted by Crippen LogP contribution is 2.19. The lowest BCUT2D eigenvalue weighted by atomic mass is 10.2. The van der Waals surface area contributed by atoms with Crippen LogP contribution in [-0.2, 0) is 4.74 Å². The van der Waals surface area contributed by atoms with Gasteiger partial charge in [-0.25, -0.2) is 4.79 Å². The second-order valence-corrected chi connectivity index (χ2v) is 4.68. The van der Waals surface area contributed by atoms with Gasteiger partial charge >= 0.3 is 5.97 Å². The molecular weight excluding hydrogens is 244 g/mol. The number of hydrogen-bond donors (Lipinski definition) is 0. The zero-order chi connectivity index (χ0) is 11.8. The van der Waals surface area contributed by atoms with Gasteiger partial charge in [0.15, 0.2) is 0 Å². The maximum Gasteiger partial charge on any atom is 0.338 e. The van der Waals surface area contributed by atoms with Crippen LogP contribution in [0, 0.1) is 0 Å². The van der Waals surface area contributed by atoms with Crippen molar-refractivity contribution in [2.24, 2.45) is 0 Å². The van der Waals surface area contributed by atoms with E-state index >= 15 is 0 Å². The van der Waals surface area contributed by atoms with Crippen LogP contribution in [0.3, 0.4) is 0 Å². The van der Waals surface area contributed by atoms with E-state index in [-0.39, 0.29) is 5.97 Å². The van der Waals surface area contributed by atoms with Crippen molar-refractivity contribution in [2.75, 3.05) is 18.2 Å². The number of alkyl halides is 1. The molecule has 4 heteroatoms. The van der Waals surface area contributed by atoms with E-state index in [1.807, 2.05) is 12.1 Å². The van der Waals surface area contributed by atoms with E-state index in [0.29, 0.717) is 18.1 Å². The minimum absolute atomic E-state index is 0.264. The Bertz CT molecular complexity index is 324. The normalized spacial score (nSPS) is 10.1. The lowest BCUT2D eigenvalue weighted by Gasteiger charge is -2.03. The van der Waals surface area contributed by atoms with Gasteiger partial charge in [-0.05, 0) is 43.4 Å². The quantitative estimate of drug-likeness (QED) is 0.338. The molecule has 1 aromatic carbocycles. The number of benzene rings is 1. The molecule has 1 rings (SSSR count). The number of halogens is 1. The maximum atomic E-state index is 11.4. The molecule has 0 aliphatic heterocycles. The van der Waals surface area contributed by atoms with E-state index in [4.69, 9.17) is 16.3 Å². The third-order valence-electron chi connectivity index (χ3n) is 1.91. The first-order valence-electron chi connectivity index (χ1n) is 5.24. The zero-order valence-corrected chi connectivity index (χ0v) is 10.8. The van der Waals surface area contributed by atoms with Crippen LogP contribution in [0.1, 0.15) is 23.7 Å². The summed E-state index contributed by atoms with van der Waals surface area (Å²) >= 11 is 7.34. The molecule has 16 heavy (non-hydrogen) atoms. The first-order chi connectivity index (χ1) is 7.77. The average molecular weight is 259 g/mol. The summed E-state index contributed by atoms with van der Waals surface area (Å²) < 4.78 is 4.90. The molecule has 0 aliphatic carbocycles. The number of esters is 1. The summed E-state index contributed by atoms with van der Waals surface area (Å²) in [5.74, 6) is 1.43. The van der Waals surface area contributed by atoms with E-state index in [2.05, 4.69) is 0 Å². The van der Waals surface area contributed by atoms with Gasteiger partial charge in [0.2, 0.25) is 0 Å². The Morgan fingerprint density at radius 3 is 2.62 bits per heavy atom. The molecule has 0 saturated carbocycles. The molecule has 0 radical (unpaired) electrons. The number of carbonyl (C=O) groups is 1. The molecule has 0 aliphatic rings. The summed E-state index contributed by atoms with van der Waals surface area (Å²) in [5, 5.41) is 0. The first-order valence-corrected chi connectivity index (χ1v) is 6.76. The lowest BCUT2D eigenvalue weighted by Crippen LogP contribution is -2.03. The number of rotatable bonds is 6. The fourth-order valence-corrected chi connectivity index (χ4v) is 2.29. The van der Waals surface area contributed by atoms with Crippen LogP contribution in [0.2, 0.25) is 0 Å². The molecule has 0 fully saturated rings. The molecular formula is C12H15ClO2S. The Labute approximate surface area is 105 Å². The van der Waals surface area contributed by atoms with Crippen LogP contribution in [-0.4, -0.2) is 24.2 Å². The molecule has 0 aromatic heterocycles. The summed E-state index contributed by atoms with van der Waals surface area (Å²) in [7, 11) is 0. The molecule has 0 N–H and O–H groups in total. The van der Waals surface area contributed by atoms with Crippen molar-refractivity contribution in [1.82, 2.24) is 0 Å². The number of carbonyl (C=O) groups excluding carboxylic acids is 1. The monoisotopic (exact) mass is 258 g/mol. The minimum Gasteiger partial charge on any atom is -0.462 e. The Balaban J connectivity index is 2.50. The molecule has 0 unspecified atom stereocenters. The van der Waals surface area contributed by atoms with Crippen molar-refractivity contribution >= 4 is 29.3 Å². The van der Waals surface area contributed by atoms with Gasteiger partial charge in [0.1, 0.15) is 0 Å². The van der Waals surface area contributed by atoms with Crippen LogP contribution >= 0.6 is 23.4 Å². The summed E-state index contributed by atoms with van der Waals surface area (Å²) in [4.78, 5) is 12.5. The van der Waals surface area contributed by atoms with Gasteiger partial charge in [-0.15, -0.1) is 23.4 Å². The van der Waals surface area contributed by atoms with Crippen LogP contribution in [0.4, 0.5) is 0 Å². The van der Waals surface area contributed by atoms with Gasteiger partial charge in [-0.3, -0.25) is 0 Å². The smallest absolute Gasteiger partial charge is 0.338 e. The molecule has 2 nitrogen and oxygen atoms in total. The molecule has 0 atom stereocenters. The summed E-state index contributed by atoms with van der Waals surface area (Å²) in [6.45, 7) is 2.21. The molecule has 0 spiro atoms. The maximum absolute atomic E-state index is 11.4. The van der Waals surface area contributed by atoms with Crippen molar-refractivity contribution in [3.8, 4) is 0 Å². The fourth-order valence-electron chi connectivity index (χ4n) is 1.15. The van der Waals surface area contributed by atoms with E-state index < -0.39 is 0 Å². The predicted molar refractivity (Wildman–Crippen MR) is 68.5 cm³/mol. The van der Waals surface area contributed by atoms with Crippen molar-refractivity contribution < 1.29 is 9.53 Å². The molecule has 0 amide bonds. The highest BCUT2D eigenvalue weighted by Gasteiger charge is 2.05. The van der Waals surface area contributed by atoms with Crippen LogP contribution < -0.4 is 0 Å². The van der Waals surface area contributed by atoms with E-state index in [0.717, 1.165) is 17.1 Å². The van der Waals surface area contributed by atoms with Gasteiger partial charge in [-0.2, -0.15) is 0 Å². The molecule has 0 heterocycles. The number of hydrogen-bond acceptors (Lipinski definition) is 3. The standard InChI is InChI=1S/C12H15ClO2S/c1-2-15-12(14)10-4-6-11(7-5-10)16-9-3-8-13/h4-7H,2-3,8-9H2,1H3. The van der Waals surface area contributed by atoms with E-state index in [1.165, 1.54) is 0 Å². The third kappa shape index (κ3) is 4.45. The highest BCUT2D eigenvalue weighted by molar-refractivity contribution is 7.99. The van der Waals surface area contributed by atoms with Crippen molar-refractivity contribution in [3.63, 3.8) is 0 Å². The van der Waals surface area contributed by atoms with Crippen molar-refractivity contribution in [2.45, 2.75) is 18.2 Å². The Morgan fingerprint density at radius 1 is 1.38 bits per heavy atom. The summed E-state index contributed by atoms with van der Waals surface area (Å²) in [5.41, 5.74) is 0.601. The Morgan fingerprint density at radius 2 is 2.06 bits per heavy atom. The fraction of sp³-hybridized carbons (Fsp3) is 0.417. The van der Waals surface area contributed by atoms with Crippen molar-refractivity contribution in [1.29, 1.82) is 0 Å². The molecule has 88 valence electrons. The highest BCUT2D eigenvalue weighted by atomic mass is 35.5. The number of thioether (sulfide) groups is 1.